The molecular formula is C8H9ClO4S2. The Kier molecular flexibility index (Phi) is 4.12. The van der Waals surface area contributed by atoms with E-state index in [9.17, 15) is 13.2 Å². The monoisotopic (exact) mass is 268 g/mol. The van der Waals surface area contributed by atoms with Gasteiger partial charge in [-0.2, -0.15) is 0 Å². The fourth-order valence-electron chi connectivity index (χ4n) is 0.894. The predicted molar refractivity (Wildman–Crippen MR) is 58.0 cm³/mol. The standard InChI is InChI=1S/C8H9ClO4S2/c1-2-13-7(10)5-15(11,12)8-4-3-6(9)14-8/h3-4H,2,5H2,1H3. The first-order valence-corrected chi connectivity index (χ1v) is 6.94. The lowest BCUT2D eigenvalue weighted by atomic mass is 10.7. The minimum Gasteiger partial charge on any atom is -0.465 e. The average Bonchev–Trinajstić information content (AvgIpc) is 2.51. The molecule has 1 aromatic rings. The van der Waals surface area contributed by atoms with Crippen LogP contribution in [-0.4, -0.2) is 26.7 Å². The molecule has 0 aliphatic carbocycles. The molecule has 0 saturated carbocycles. The van der Waals surface area contributed by atoms with Gasteiger partial charge in [-0.15, -0.1) is 11.3 Å². The van der Waals surface area contributed by atoms with Crippen molar-refractivity contribution >= 4 is 38.7 Å². The molecule has 1 aromatic heterocycles. The van der Waals surface area contributed by atoms with Crippen molar-refractivity contribution < 1.29 is 17.9 Å². The second-order valence-corrected chi connectivity index (χ2v) is 6.55. The van der Waals surface area contributed by atoms with Crippen LogP contribution in [0.15, 0.2) is 16.3 Å². The molecular weight excluding hydrogens is 260 g/mol. The Morgan fingerprint density at radius 3 is 2.67 bits per heavy atom. The highest BCUT2D eigenvalue weighted by Gasteiger charge is 2.21. The minimum atomic E-state index is -3.60. The zero-order valence-electron chi connectivity index (χ0n) is 7.90. The Labute approximate surface area is 96.7 Å². The third-order valence-electron chi connectivity index (χ3n) is 1.47. The number of ether oxygens (including phenoxy) is 1. The normalized spacial score (nSPS) is 11.3. The van der Waals surface area contributed by atoms with Gasteiger partial charge in [0.1, 0.15) is 4.21 Å². The van der Waals surface area contributed by atoms with E-state index >= 15 is 0 Å². The first-order chi connectivity index (χ1) is 6.95. The highest BCUT2D eigenvalue weighted by Crippen LogP contribution is 2.26. The van der Waals surface area contributed by atoms with Gasteiger partial charge in [-0.05, 0) is 19.1 Å². The van der Waals surface area contributed by atoms with E-state index in [4.69, 9.17) is 11.6 Å². The van der Waals surface area contributed by atoms with Crippen LogP contribution in [-0.2, 0) is 19.4 Å². The number of thiophene rings is 1. The summed E-state index contributed by atoms with van der Waals surface area (Å²) in [6.07, 6.45) is 0. The van der Waals surface area contributed by atoms with E-state index in [1.165, 1.54) is 12.1 Å². The molecule has 0 bridgehead atoms. The Morgan fingerprint density at radius 2 is 2.20 bits per heavy atom. The zero-order chi connectivity index (χ0) is 11.5. The number of rotatable bonds is 4. The smallest absolute Gasteiger partial charge is 0.321 e. The lowest BCUT2D eigenvalue weighted by Crippen LogP contribution is -2.17. The van der Waals surface area contributed by atoms with Crippen LogP contribution in [0.25, 0.3) is 0 Å². The van der Waals surface area contributed by atoms with Crippen LogP contribution in [0.2, 0.25) is 4.34 Å². The van der Waals surface area contributed by atoms with E-state index in [1.54, 1.807) is 6.92 Å². The average molecular weight is 269 g/mol. The van der Waals surface area contributed by atoms with E-state index in [2.05, 4.69) is 4.74 Å². The Balaban J connectivity index is 2.81. The number of esters is 1. The summed E-state index contributed by atoms with van der Waals surface area (Å²) in [5.74, 6) is -1.39. The van der Waals surface area contributed by atoms with Gasteiger partial charge in [0.05, 0.1) is 10.9 Å². The Hall–Kier alpha value is -0.590. The van der Waals surface area contributed by atoms with E-state index in [1.807, 2.05) is 0 Å². The molecule has 0 fully saturated rings. The van der Waals surface area contributed by atoms with E-state index in [0.717, 1.165) is 11.3 Å². The summed E-state index contributed by atoms with van der Waals surface area (Å²) in [7, 11) is -3.60. The van der Waals surface area contributed by atoms with Gasteiger partial charge in [-0.25, -0.2) is 8.42 Å². The maximum Gasteiger partial charge on any atom is 0.321 e. The third-order valence-corrected chi connectivity index (χ3v) is 4.87. The van der Waals surface area contributed by atoms with Crippen molar-refractivity contribution in [3.8, 4) is 0 Å². The van der Waals surface area contributed by atoms with Gasteiger partial charge in [-0.3, -0.25) is 4.79 Å². The Morgan fingerprint density at radius 1 is 1.53 bits per heavy atom. The molecule has 0 aliphatic rings. The summed E-state index contributed by atoms with van der Waals surface area (Å²) < 4.78 is 28.2. The van der Waals surface area contributed by atoms with Gasteiger partial charge in [0.2, 0.25) is 0 Å². The first-order valence-electron chi connectivity index (χ1n) is 4.09. The maximum atomic E-state index is 11.6. The van der Waals surface area contributed by atoms with E-state index in [-0.39, 0.29) is 10.8 Å². The van der Waals surface area contributed by atoms with Crippen LogP contribution in [0.3, 0.4) is 0 Å². The van der Waals surface area contributed by atoms with Gasteiger partial charge >= 0.3 is 5.97 Å². The van der Waals surface area contributed by atoms with Gasteiger partial charge in [0.25, 0.3) is 0 Å². The lowest BCUT2D eigenvalue weighted by Gasteiger charge is -2.01. The van der Waals surface area contributed by atoms with Crippen LogP contribution in [0.1, 0.15) is 6.92 Å². The van der Waals surface area contributed by atoms with Crippen LogP contribution in [0.4, 0.5) is 0 Å². The molecule has 0 amide bonds. The number of sulfone groups is 1. The van der Waals surface area contributed by atoms with Gasteiger partial charge < -0.3 is 4.74 Å². The molecule has 7 heteroatoms. The molecule has 84 valence electrons. The van der Waals surface area contributed by atoms with Gasteiger partial charge in [0.15, 0.2) is 15.6 Å². The molecule has 0 aromatic carbocycles. The van der Waals surface area contributed by atoms with Crippen molar-refractivity contribution in [1.29, 1.82) is 0 Å². The molecule has 1 heterocycles. The van der Waals surface area contributed by atoms with Crippen LogP contribution >= 0.6 is 22.9 Å². The molecule has 0 saturated heterocycles. The van der Waals surface area contributed by atoms with Crippen molar-refractivity contribution in [2.45, 2.75) is 11.1 Å². The highest BCUT2D eigenvalue weighted by molar-refractivity contribution is 7.94. The second-order valence-electron chi connectivity index (χ2n) is 2.62. The molecule has 0 atom stereocenters. The molecule has 15 heavy (non-hydrogen) atoms. The predicted octanol–water partition coefficient (Wildman–Crippen LogP) is 1.74. The highest BCUT2D eigenvalue weighted by atomic mass is 35.5. The quantitative estimate of drug-likeness (QED) is 0.781. The molecule has 0 unspecified atom stereocenters. The molecule has 0 aliphatic heterocycles. The van der Waals surface area contributed by atoms with Gasteiger partial charge in [-0.1, -0.05) is 11.6 Å². The fraction of sp³-hybridized carbons (Fsp3) is 0.375. The fourth-order valence-corrected chi connectivity index (χ4v) is 3.57. The van der Waals surface area contributed by atoms with Crippen molar-refractivity contribution in [2.75, 3.05) is 12.4 Å². The lowest BCUT2D eigenvalue weighted by molar-refractivity contribution is -0.139. The van der Waals surface area contributed by atoms with Gasteiger partial charge in [0, 0.05) is 0 Å². The number of carbonyl (C=O) groups excluding carboxylic acids is 1. The summed E-state index contributed by atoms with van der Waals surface area (Å²) in [5, 5.41) is 0. The van der Waals surface area contributed by atoms with Crippen LogP contribution in [0.5, 0.6) is 0 Å². The third kappa shape index (κ3) is 3.48. The van der Waals surface area contributed by atoms with Crippen molar-refractivity contribution in [1.82, 2.24) is 0 Å². The zero-order valence-corrected chi connectivity index (χ0v) is 10.3. The Bertz CT molecular complexity index is 449. The van der Waals surface area contributed by atoms with Crippen molar-refractivity contribution in [3.05, 3.63) is 16.5 Å². The second kappa shape index (κ2) is 4.96. The molecule has 0 spiro atoms. The first kappa shape index (κ1) is 12.5. The van der Waals surface area contributed by atoms with E-state index < -0.39 is 21.6 Å². The minimum absolute atomic E-state index is 0.0838. The van der Waals surface area contributed by atoms with Crippen LogP contribution < -0.4 is 0 Å². The van der Waals surface area contributed by atoms with E-state index in [0.29, 0.717) is 4.34 Å². The number of hydrogen-bond acceptors (Lipinski definition) is 5. The molecule has 1 rings (SSSR count). The number of carbonyl (C=O) groups is 1. The van der Waals surface area contributed by atoms with Crippen molar-refractivity contribution in [2.24, 2.45) is 0 Å². The summed E-state index contributed by atoms with van der Waals surface area (Å²) in [5.41, 5.74) is 0. The number of halogens is 1. The summed E-state index contributed by atoms with van der Waals surface area (Å²) >= 11 is 6.53. The summed E-state index contributed by atoms with van der Waals surface area (Å²) in [4.78, 5) is 11.0. The molecule has 0 radical (unpaired) electrons. The molecule has 4 nitrogen and oxygen atoms in total. The van der Waals surface area contributed by atoms with Crippen LogP contribution in [0, 0.1) is 0 Å². The molecule has 0 N–H and O–H groups in total. The maximum absolute atomic E-state index is 11.6. The topological polar surface area (TPSA) is 60.4 Å². The summed E-state index contributed by atoms with van der Waals surface area (Å²) in [6, 6.07) is 2.85. The summed E-state index contributed by atoms with van der Waals surface area (Å²) in [6.45, 7) is 1.78. The number of hydrogen-bond donors (Lipinski definition) is 0. The van der Waals surface area contributed by atoms with Crippen molar-refractivity contribution in [3.63, 3.8) is 0 Å². The largest absolute Gasteiger partial charge is 0.465 e. The SMILES string of the molecule is CCOC(=O)CS(=O)(=O)c1ccc(Cl)s1.